The first-order chi connectivity index (χ1) is 21.0. The minimum atomic E-state index is -0.983. The van der Waals surface area contributed by atoms with Crippen LogP contribution in [0.4, 0.5) is 0 Å². The number of ether oxygens (including phenoxy) is 7. The Morgan fingerprint density at radius 1 is 0.674 bits per heavy atom. The standard InChI is InChI=1S/C33H37NO9/c1-37-27(35)19-26(31(36)38-2)34-28-29(40-20-23-13-7-4-8-14-23)30(41-21-24-15-9-5-10-16-24)33(43-32(28)39-3)42-22-25-17-11-6-12-18-25/h4-19,28-30,32-34H,20-22H2,1-3H3/b26-19-/t28-,29-,30+,32+,33+/m1/s1. The van der Waals surface area contributed by atoms with Gasteiger partial charge in [-0.05, 0) is 16.7 Å². The third kappa shape index (κ3) is 9.21. The second-order valence-corrected chi connectivity index (χ2v) is 9.67. The van der Waals surface area contributed by atoms with Crippen molar-refractivity contribution in [2.24, 2.45) is 0 Å². The van der Waals surface area contributed by atoms with E-state index in [2.05, 4.69) is 5.32 Å². The van der Waals surface area contributed by atoms with Crippen LogP contribution in [0.15, 0.2) is 103 Å². The molecule has 3 aromatic rings. The third-order valence-electron chi connectivity index (χ3n) is 6.76. The minimum absolute atomic E-state index is 0.163. The minimum Gasteiger partial charge on any atom is -0.466 e. The molecule has 10 nitrogen and oxygen atoms in total. The van der Waals surface area contributed by atoms with Crippen LogP contribution < -0.4 is 5.32 Å². The Bertz CT molecular complexity index is 1300. The molecule has 10 heteroatoms. The van der Waals surface area contributed by atoms with Crippen LogP contribution in [0.2, 0.25) is 0 Å². The zero-order valence-corrected chi connectivity index (χ0v) is 24.4. The van der Waals surface area contributed by atoms with Crippen molar-refractivity contribution >= 4 is 11.9 Å². The second kappa shape index (κ2) is 16.5. The van der Waals surface area contributed by atoms with E-state index >= 15 is 0 Å². The highest BCUT2D eigenvalue weighted by Gasteiger charge is 2.49. The van der Waals surface area contributed by atoms with Gasteiger partial charge in [0.15, 0.2) is 12.6 Å². The largest absolute Gasteiger partial charge is 0.466 e. The average molecular weight is 592 g/mol. The molecule has 1 fully saturated rings. The van der Waals surface area contributed by atoms with Crippen LogP contribution in [0.3, 0.4) is 0 Å². The van der Waals surface area contributed by atoms with Gasteiger partial charge in [-0.15, -0.1) is 0 Å². The molecule has 0 spiro atoms. The lowest BCUT2D eigenvalue weighted by Gasteiger charge is -2.46. The van der Waals surface area contributed by atoms with E-state index in [-0.39, 0.29) is 25.5 Å². The fraction of sp³-hybridized carbons (Fsp3) is 0.333. The van der Waals surface area contributed by atoms with E-state index in [1.807, 2.05) is 91.0 Å². The van der Waals surface area contributed by atoms with Crippen LogP contribution in [0.5, 0.6) is 0 Å². The van der Waals surface area contributed by atoms with Gasteiger partial charge in [0.2, 0.25) is 0 Å². The highest BCUT2D eigenvalue weighted by atomic mass is 16.8. The third-order valence-corrected chi connectivity index (χ3v) is 6.76. The molecule has 4 rings (SSSR count). The van der Waals surface area contributed by atoms with Crippen molar-refractivity contribution in [3.05, 3.63) is 119 Å². The van der Waals surface area contributed by atoms with Crippen molar-refractivity contribution in [3.63, 3.8) is 0 Å². The maximum atomic E-state index is 12.7. The average Bonchev–Trinajstić information content (AvgIpc) is 3.06. The smallest absolute Gasteiger partial charge is 0.354 e. The fourth-order valence-corrected chi connectivity index (χ4v) is 4.58. The molecular formula is C33H37NO9. The van der Waals surface area contributed by atoms with E-state index in [0.717, 1.165) is 22.8 Å². The predicted molar refractivity (Wildman–Crippen MR) is 156 cm³/mol. The molecule has 1 heterocycles. The zero-order chi connectivity index (χ0) is 30.4. The van der Waals surface area contributed by atoms with Gasteiger partial charge in [-0.25, -0.2) is 9.59 Å². The summed E-state index contributed by atoms with van der Waals surface area (Å²) < 4.78 is 40.9. The molecule has 43 heavy (non-hydrogen) atoms. The monoisotopic (exact) mass is 591 g/mol. The highest BCUT2D eigenvalue weighted by Crippen LogP contribution is 2.30. The summed E-state index contributed by atoms with van der Waals surface area (Å²) >= 11 is 0. The second-order valence-electron chi connectivity index (χ2n) is 9.67. The van der Waals surface area contributed by atoms with Gasteiger partial charge in [-0.2, -0.15) is 0 Å². The van der Waals surface area contributed by atoms with E-state index in [1.54, 1.807) is 0 Å². The number of hydrogen-bond donors (Lipinski definition) is 1. The van der Waals surface area contributed by atoms with E-state index in [1.165, 1.54) is 21.3 Å². The molecule has 1 aliphatic rings. The van der Waals surface area contributed by atoms with Crippen LogP contribution in [-0.4, -0.2) is 64.1 Å². The number of hydrogen-bond acceptors (Lipinski definition) is 10. The summed E-state index contributed by atoms with van der Waals surface area (Å²) in [5, 5.41) is 3.06. The van der Waals surface area contributed by atoms with Crippen molar-refractivity contribution in [1.29, 1.82) is 0 Å². The summed E-state index contributed by atoms with van der Waals surface area (Å²) in [4.78, 5) is 24.8. The number of carbonyl (C=O) groups is 2. The van der Waals surface area contributed by atoms with Crippen molar-refractivity contribution in [2.75, 3.05) is 21.3 Å². The van der Waals surface area contributed by atoms with Crippen LogP contribution in [-0.2, 0) is 62.6 Å². The summed E-state index contributed by atoms with van der Waals surface area (Å²) in [5.74, 6) is -1.53. The zero-order valence-electron chi connectivity index (χ0n) is 24.4. The Labute approximate surface area is 251 Å². The first kappa shape index (κ1) is 31.9. The predicted octanol–water partition coefficient (Wildman–Crippen LogP) is 3.89. The number of carbonyl (C=O) groups excluding carboxylic acids is 2. The Morgan fingerprint density at radius 2 is 1.16 bits per heavy atom. The number of esters is 2. The molecule has 0 unspecified atom stereocenters. The van der Waals surface area contributed by atoms with Crippen molar-refractivity contribution in [1.82, 2.24) is 5.32 Å². The normalized spacial score (nSPS) is 22.0. The van der Waals surface area contributed by atoms with Gasteiger partial charge in [0.05, 0.1) is 40.1 Å². The van der Waals surface area contributed by atoms with Crippen LogP contribution in [0, 0.1) is 0 Å². The lowest BCUT2D eigenvalue weighted by molar-refractivity contribution is -0.339. The molecule has 3 aromatic carbocycles. The van der Waals surface area contributed by atoms with Gasteiger partial charge in [0, 0.05) is 7.11 Å². The maximum Gasteiger partial charge on any atom is 0.354 e. The molecule has 0 saturated carbocycles. The van der Waals surface area contributed by atoms with Gasteiger partial charge >= 0.3 is 11.9 Å². The van der Waals surface area contributed by atoms with Crippen LogP contribution >= 0.6 is 0 Å². The Balaban J connectivity index is 1.69. The molecule has 1 aliphatic heterocycles. The van der Waals surface area contributed by atoms with Crippen molar-refractivity contribution in [3.8, 4) is 0 Å². The first-order valence-electron chi connectivity index (χ1n) is 13.8. The summed E-state index contributed by atoms with van der Waals surface area (Å²) in [7, 11) is 3.89. The molecule has 0 bridgehead atoms. The summed E-state index contributed by atoms with van der Waals surface area (Å²) in [6.45, 7) is 0.689. The van der Waals surface area contributed by atoms with Gasteiger partial charge in [0.1, 0.15) is 23.9 Å². The Hall–Kier alpha value is -4.06. The van der Waals surface area contributed by atoms with Crippen molar-refractivity contribution in [2.45, 2.75) is 50.7 Å². The molecule has 0 radical (unpaired) electrons. The van der Waals surface area contributed by atoms with Crippen LogP contribution in [0.25, 0.3) is 0 Å². The molecule has 228 valence electrons. The van der Waals surface area contributed by atoms with Crippen LogP contribution in [0.1, 0.15) is 16.7 Å². The highest BCUT2D eigenvalue weighted by molar-refractivity contribution is 5.95. The van der Waals surface area contributed by atoms with E-state index in [4.69, 9.17) is 33.2 Å². The first-order valence-corrected chi connectivity index (χ1v) is 13.8. The summed E-state index contributed by atoms with van der Waals surface area (Å²) in [6, 6.07) is 28.1. The number of benzene rings is 3. The SMILES string of the molecule is COC(=O)/C=C(\N[C@H]1[C@@H](OC)O[C@H](OCc2ccccc2)[C@@H](OCc2ccccc2)[C@@H]1OCc1ccccc1)C(=O)OC. The fourth-order valence-electron chi connectivity index (χ4n) is 4.58. The summed E-state index contributed by atoms with van der Waals surface area (Å²) in [6.07, 6.45) is -2.49. The van der Waals surface area contributed by atoms with E-state index in [0.29, 0.717) is 0 Å². The van der Waals surface area contributed by atoms with Gasteiger partial charge in [-0.1, -0.05) is 91.0 Å². The molecule has 0 aromatic heterocycles. The maximum absolute atomic E-state index is 12.7. The molecule has 0 amide bonds. The molecule has 0 aliphatic carbocycles. The Kier molecular flexibility index (Phi) is 12.3. The number of methoxy groups -OCH3 is 3. The number of nitrogens with one attached hydrogen (secondary N) is 1. The summed E-state index contributed by atoms with van der Waals surface area (Å²) in [5.41, 5.74) is 2.63. The quantitative estimate of drug-likeness (QED) is 0.219. The molecular weight excluding hydrogens is 554 g/mol. The molecule has 5 atom stereocenters. The topological polar surface area (TPSA) is 111 Å². The van der Waals surface area contributed by atoms with Gasteiger partial charge in [0.25, 0.3) is 0 Å². The lowest BCUT2D eigenvalue weighted by atomic mass is 9.99. The molecule has 1 saturated heterocycles. The lowest BCUT2D eigenvalue weighted by Crippen LogP contribution is -2.65. The van der Waals surface area contributed by atoms with Gasteiger partial charge in [-0.3, -0.25) is 0 Å². The van der Waals surface area contributed by atoms with E-state index < -0.39 is 42.8 Å². The molecule has 1 N–H and O–H groups in total. The Morgan fingerprint density at radius 3 is 1.63 bits per heavy atom. The van der Waals surface area contributed by atoms with E-state index in [9.17, 15) is 9.59 Å². The number of rotatable bonds is 14. The van der Waals surface area contributed by atoms with Gasteiger partial charge < -0.3 is 38.5 Å². The van der Waals surface area contributed by atoms with Crippen molar-refractivity contribution < 1.29 is 42.7 Å².